The molecular weight excluding hydrogens is 342 g/mol. The Morgan fingerprint density at radius 2 is 1.89 bits per heavy atom. The minimum Gasteiger partial charge on any atom is -0.501 e. The molecule has 27 heavy (non-hydrogen) atoms. The van der Waals surface area contributed by atoms with Gasteiger partial charge in [0, 0.05) is 24.9 Å². The third-order valence-electron chi connectivity index (χ3n) is 6.11. The molecule has 1 saturated carbocycles. The van der Waals surface area contributed by atoms with E-state index in [0.29, 0.717) is 25.3 Å². The van der Waals surface area contributed by atoms with Crippen molar-refractivity contribution in [2.24, 2.45) is 0 Å². The van der Waals surface area contributed by atoms with Gasteiger partial charge in [-0.25, -0.2) is 0 Å². The molecule has 2 N–H and O–H groups in total. The van der Waals surface area contributed by atoms with Gasteiger partial charge in [0.1, 0.15) is 5.82 Å². The molecule has 1 aromatic heterocycles. The number of aryl methyl sites for hydroxylation is 1. The maximum Gasteiger partial charge on any atom is 0.315 e. The second kappa shape index (κ2) is 6.83. The van der Waals surface area contributed by atoms with Crippen LogP contribution in [0.15, 0.2) is 29.1 Å². The number of aromatic nitrogens is 2. The summed E-state index contributed by atoms with van der Waals surface area (Å²) in [6.45, 7) is 3.13. The largest absolute Gasteiger partial charge is 0.501 e. The molecule has 1 aliphatic carbocycles. The van der Waals surface area contributed by atoms with E-state index in [9.17, 15) is 14.7 Å². The summed E-state index contributed by atoms with van der Waals surface area (Å²) in [6, 6.07) is 8.75. The summed E-state index contributed by atoms with van der Waals surface area (Å²) in [5.74, 6) is -0.361. The quantitative estimate of drug-likeness (QED) is 0.869. The molecule has 0 radical (unpaired) electrons. The van der Waals surface area contributed by atoms with Crippen LogP contribution < -0.4 is 10.9 Å². The van der Waals surface area contributed by atoms with Gasteiger partial charge in [-0.1, -0.05) is 44.0 Å². The maximum absolute atomic E-state index is 12.2. The van der Waals surface area contributed by atoms with E-state index in [1.54, 1.807) is 4.57 Å². The Bertz CT molecular complexity index is 925. The van der Waals surface area contributed by atoms with Crippen molar-refractivity contribution in [1.29, 1.82) is 0 Å². The highest BCUT2D eigenvalue weighted by atomic mass is 16.3. The minimum atomic E-state index is -0.720. The summed E-state index contributed by atoms with van der Waals surface area (Å²) >= 11 is 0. The molecule has 1 aromatic carbocycles. The van der Waals surface area contributed by atoms with E-state index in [1.165, 1.54) is 11.1 Å². The third kappa shape index (κ3) is 3.03. The SMILES string of the molecule is CCc1ccc(C2(Cc3nc(=O)c(O)c4n3CCNC4=O)CCCC2)cc1. The molecule has 0 unspecified atom stereocenters. The number of carbonyl (C=O) groups is 1. The van der Waals surface area contributed by atoms with Crippen LogP contribution in [-0.4, -0.2) is 27.1 Å². The zero-order chi connectivity index (χ0) is 19.0. The first kappa shape index (κ1) is 17.8. The molecule has 2 aliphatic rings. The fourth-order valence-electron chi connectivity index (χ4n) is 4.58. The lowest BCUT2D eigenvalue weighted by Crippen LogP contribution is -2.41. The zero-order valence-electron chi connectivity index (χ0n) is 15.6. The van der Waals surface area contributed by atoms with Crippen molar-refractivity contribution in [3.8, 4) is 5.75 Å². The molecule has 0 spiro atoms. The molecule has 2 aromatic rings. The number of amides is 1. The Kier molecular flexibility index (Phi) is 4.50. The minimum absolute atomic E-state index is 0.0470. The van der Waals surface area contributed by atoms with E-state index in [0.717, 1.165) is 32.1 Å². The molecule has 1 aliphatic heterocycles. The number of nitrogens with zero attached hydrogens (tertiary/aromatic N) is 2. The van der Waals surface area contributed by atoms with Crippen molar-refractivity contribution in [3.63, 3.8) is 0 Å². The van der Waals surface area contributed by atoms with Gasteiger partial charge >= 0.3 is 5.56 Å². The van der Waals surface area contributed by atoms with Gasteiger partial charge in [0.05, 0.1) is 0 Å². The van der Waals surface area contributed by atoms with Crippen LogP contribution in [-0.2, 0) is 24.8 Å². The van der Waals surface area contributed by atoms with Crippen molar-refractivity contribution in [1.82, 2.24) is 14.9 Å². The number of benzene rings is 1. The van der Waals surface area contributed by atoms with Crippen LogP contribution in [0.1, 0.15) is 60.0 Å². The molecule has 2 heterocycles. The molecule has 6 nitrogen and oxygen atoms in total. The molecular formula is C21H25N3O3. The third-order valence-corrected chi connectivity index (χ3v) is 6.11. The van der Waals surface area contributed by atoms with Crippen molar-refractivity contribution in [2.75, 3.05) is 6.54 Å². The summed E-state index contributed by atoms with van der Waals surface area (Å²) in [6.07, 6.45) is 5.98. The first-order valence-electron chi connectivity index (χ1n) is 9.74. The maximum atomic E-state index is 12.2. The normalized spacial score (nSPS) is 18.2. The standard InChI is InChI=1S/C21H25N3O3/c1-2-14-5-7-15(8-6-14)21(9-3-4-10-21)13-16-23-20(27)18(25)17-19(26)22-11-12-24(16)17/h5-8,25H,2-4,9-13H2,1H3,(H,22,26). The summed E-state index contributed by atoms with van der Waals surface area (Å²) in [4.78, 5) is 28.6. The number of hydrogen-bond donors (Lipinski definition) is 2. The summed E-state index contributed by atoms with van der Waals surface area (Å²) in [5, 5.41) is 12.8. The summed E-state index contributed by atoms with van der Waals surface area (Å²) in [5.41, 5.74) is 1.83. The average molecular weight is 367 g/mol. The van der Waals surface area contributed by atoms with E-state index >= 15 is 0 Å². The Morgan fingerprint density at radius 3 is 2.56 bits per heavy atom. The molecule has 0 bridgehead atoms. The van der Waals surface area contributed by atoms with Gasteiger partial charge in [-0.05, 0) is 30.4 Å². The van der Waals surface area contributed by atoms with Gasteiger partial charge in [0.25, 0.3) is 5.91 Å². The van der Waals surface area contributed by atoms with E-state index in [-0.39, 0.29) is 11.1 Å². The van der Waals surface area contributed by atoms with Crippen LogP contribution in [0.2, 0.25) is 0 Å². The Hall–Kier alpha value is -2.63. The van der Waals surface area contributed by atoms with Crippen LogP contribution in [0.5, 0.6) is 5.75 Å². The molecule has 142 valence electrons. The highest BCUT2D eigenvalue weighted by Crippen LogP contribution is 2.43. The smallest absolute Gasteiger partial charge is 0.315 e. The number of hydrogen-bond acceptors (Lipinski definition) is 4. The van der Waals surface area contributed by atoms with Crippen molar-refractivity contribution < 1.29 is 9.90 Å². The number of fused-ring (bicyclic) bond motifs is 1. The molecule has 4 rings (SSSR count). The Balaban J connectivity index is 1.79. The topological polar surface area (TPSA) is 84.2 Å². The van der Waals surface area contributed by atoms with Crippen LogP contribution >= 0.6 is 0 Å². The van der Waals surface area contributed by atoms with Crippen molar-refractivity contribution >= 4 is 5.91 Å². The lowest BCUT2D eigenvalue weighted by molar-refractivity contribution is 0.0919. The van der Waals surface area contributed by atoms with Crippen LogP contribution in [0.4, 0.5) is 0 Å². The van der Waals surface area contributed by atoms with Gasteiger partial charge in [0.15, 0.2) is 5.69 Å². The van der Waals surface area contributed by atoms with Crippen LogP contribution in [0, 0.1) is 0 Å². The van der Waals surface area contributed by atoms with E-state index in [1.807, 2.05) is 0 Å². The van der Waals surface area contributed by atoms with E-state index in [2.05, 4.69) is 41.5 Å². The summed E-state index contributed by atoms with van der Waals surface area (Å²) in [7, 11) is 0. The van der Waals surface area contributed by atoms with Gasteiger partial charge < -0.3 is 15.0 Å². The lowest BCUT2D eigenvalue weighted by Gasteiger charge is -2.32. The number of rotatable bonds is 4. The van der Waals surface area contributed by atoms with Gasteiger partial charge in [0.2, 0.25) is 5.75 Å². The first-order chi connectivity index (χ1) is 13.0. The predicted octanol–water partition coefficient (Wildman–Crippen LogP) is 2.31. The first-order valence-corrected chi connectivity index (χ1v) is 9.74. The molecule has 6 heteroatoms. The fourth-order valence-corrected chi connectivity index (χ4v) is 4.58. The highest BCUT2D eigenvalue weighted by Gasteiger charge is 2.38. The number of aromatic hydroxyl groups is 1. The van der Waals surface area contributed by atoms with Crippen molar-refractivity contribution in [3.05, 3.63) is 57.3 Å². The summed E-state index contributed by atoms with van der Waals surface area (Å²) < 4.78 is 1.73. The number of carbonyl (C=O) groups excluding carboxylic acids is 1. The molecule has 0 saturated heterocycles. The van der Waals surface area contributed by atoms with Gasteiger partial charge in [-0.3, -0.25) is 9.59 Å². The van der Waals surface area contributed by atoms with E-state index in [4.69, 9.17) is 0 Å². The zero-order valence-corrected chi connectivity index (χ0v) is 15.6. The average Bonchev–Trinajstić information content (AvgIpc) is 3.15. The molecule has 0 atom stereocenters. The predicted molar refractivity (Wildman–Crippen MR) is 102 cm³/mol. The van der Waals surface area contributed by atoms with Gasteiger partial charge in [-0.2, -0.15) is 4.98 Å². The van der Waals surface area contributed by atoms with Crippen molar-refractivity contribution in [2.45, 2.75) is 57.4 Å². The Labute approximate surface area is 158 Å². The van der Waals surface area contributed by atoms with Crippen LogP contribution in [0.3, 0.4) is 0 Å². The Morgan fingerprint density at radius 1 is 1.19 bits per heavy atom. The molecule has 1 fully saturated rings. The van der Waals surface area contributed by atoms with E-state index < -0.39 is 17.2 Å². The highest BCUT2D eigenvalue weighted by molar-refractivity contribution is 5.95. The fraction of sp³-hybridized carbons (Fsp3) is 0.476. The second-order valence-corrected chi connectivity index (χ2v) is 7.65. The second-order valence-electron chi connectivity index (χ2n) is 7.65. The monoisotopic (exact) mass is 367 g/mol. The lowest BCUT2D eigenvalue weighted by atomic mass is 9.75. The number of nitrogens with one attached hydrogen (secondary N) is 1. The molecule has 1 amide bonds. The van der Waals surface area contributed by atoms with Gasteiger partial charge in [-0.15, -0.1) is 0 Å². The van der Waals surface area contributed by atoms with Crippen LogP contribution in [0.25, 0.3) is 0 Å².